The molecule has 13 heavy (non-hydrogen) atoms. The van der Waals surface area contributed by atoms with Crippen LogP contribution in [-0.2, 0) is 6.42 Å². The molecule has 2 unspecified atom stereocenters. The lowest BCUT2D eigenvalue weighted by molar-refractivity contribution is 0.452. The number of fused-ring (bicyclic) bond motifs is 1. The van der Waals surface area contributed by atoms with Crippen molar-refractivity contribution in [3.63, 3.8) is 0 Å². The topological polar surface area (TPSA) is 12.0 Å². The highest BCUT2D eigenvalue weighted by atomic mass is 32.1. The van der Waals surface area contributed by atoms with Gasteiger partial charge in [-0.3, -0.25) is 0 Å². The number of aryl methyl sites for hydroxylation is 1. The molecule has 2 atom stereocenters. The first-order valence-electron chi connectivity index (χ1n) is 4.94. The van der Waals surface area contributed by atoms with Crippen molar-refractivity contribution >= 4 is 11.3 Å². The lowest BCUT2D eigenvalue weighted by Crippen LogP contribution is -2.35. The van der Waals surface area contributed by atoms with Gasteiger partial charge in [-0.2, -0.15) is 0 Å². The molecular weight excluding hydrogens is 178 g/mol. The summed E-state index contributed by atoms with van der Waals surface area (Å²) in [6.45, 7) is 9.03. The van der Waals surface area contributed by atoms with E-state index in [0.29, 0.717) is 12.1 Å². The SMILES string of the molecule is Cc1sc2c(c1C)CC(C)NC2C. The molecule has 1 N–H and O–H groups in total. The third kappa shape index (κ3) is 1.42. The fourth-order valence-electron chi connectivity index (χ4n) is 2.17. The second-order valence-corrected chi connectivity index (χ2v) is 5.38. The normalized spacial score (nSPS) is 27.4. The Bertz CT molecular complexity index is 327. The molecule has 0 aromatic carbocycles. The first kappa shape index (κ1) is 9.22. The highest BCUT2D eigenvalue weighted by Crippen LogP contribution is 2.35. The molecule has 0 fully saturated rings. The summed E-state index contributed by atoms with van der Waals surface area (Å²) < 4.78 is 0. The molecular formula is C11H17NS. The molecule has 0 aliphatic carbocycles. The van der Waals surface area contributed by atoms with Crippen molar-refractivity contribution in [2.75, 3.05) is 0 Å². The minimum absolute atomic E-state index is 0.552. The van der Waals surface area contributed by atoms with E-state index < -0.39 is 0 Å². The first-order valence-corrected chi connectivity index (χ1v) is 5.76. The molecule has 1 nitrogen and oxygen atoms in total. The van der Waals surface area contributed by atoms with Crippen LogP contribution in [0.25, 0.3) is 0 Å². The molecule has 72 valence electrons. The highest BCUT2D eigenvalue weighted by Gasteiger charge is 2.24. The molecule has 2 heteroatoms. The minimum Gasteiger partial charge on any atom is -0.307 e. The predicted molar refractivity (Wildman–Crippen MR) is 58.5 cm³/mol. The van der Waals surface area contributed by atoms with Crippen LogP contribution in [0, 0.1) is 13.8 Å². The lowest BCUT2D eigenvalue weighted by Gasteiger charge is -2.26. The Hall–Kier alpha value is -0.340. The van der Waals surface area contributed by atoms with Gasteiger partial charge in [-0.25, -0.2) is 0 Å². The summed E-state index contributed by atoms with van der Waals surface area (Å²) in [5, 5.41) is 3.59. The van der Waals surface area contributed by atoms with Gasteiger partial charge in [-0.1, -0.05) is 0 Å². The largest absolute Gasteiger partial charge is 0.307 e. The second-order valence-electron chi connectivity index (χ2n) is 4.12. The average molecular weight is 195 g/mol. The maximum atomic E-state index is 3.59. The van der Waals surface area contributed by atoms with Crippen LogP contribution in [0.3, 0.4) is 0 Å². The molecule has 0 saturated heterocycles. The smallest absolute Gasteiger partial charge is 0.0391 e. The summed E-state index contributed by atoms with van der Waals surface area (Å²) in [5.74, 6) is 0. The van der Waals surface area contributed by atoms with Crippen LogP contribution in [0.1, 0.15) is 40.8 Å². The molecule has 1 aliphatic rings. The van der Waals surface area contributed by atoms with E-state index in [1.807, 2.05) is 11.3 Å². The molecule has 1 aliphatic heterocycles. The van der Waals surface area contributed by atoms with E-state index >= 15 is 0 Å². The van der Waals surface area contributed by atoms with E-state index in [0.717, 1.165) is 0 Å². The van der Waals surface area contributed by atoms with Gasteiger partial charge < -0.3 is 5.32 Å². The Morgan fingerprint density at radius 1 is 1.31 bits per heavy atom. The summed E-state index contributed by atoms with van der Waals surface area (Å²) in [6.07, 6.45) is 1.20. The van der Waals surface area contributed by atoms with Crippen molar-refractivity contribution in [3.8, 4) is 0 Å². The maximum absolute atomic E-state index is 3.59. The number of thiophene rings is 1. The fraction of sp³-hybridized carbons (Fsp3) is 0.636. The van der Waals surface area contributed by atoms with Crippen LogP contribution in [-0.4, -0.2) is 6.04 Å². The highest BCUT2D eigenvalue weighted by molar-refractivity contribution is 7.12. The number of hydrogen-bond donors (Lipinski definition) is 1. The van der Waals surface area contributed by atoms with Crippen LogP contribution >= 0.6 is 11.3 Å². The zero-order valence-electron chi connectivity index (χ0n) is 8.77. The Morgan fingerprint density at radius 2 is 2.00 bits per heavy atom. The van der Waals surface area contributed by atoms with Gasteiger partial charge in [-0.05, 0) is 45.2 Å². The molecule has 0 bridgehead atoms. The van der Waals surface area contributed by atoms with Crippen molar-refractivity contribution in [2.24, 2.45) is 0 Å². The van der Waals surface area contributed by atoms with Crippen LogP contribution in [0.15, 0.2) is 0 Å². The molecule has 1 aromatic heterocycles. The predicted octanol–water partition coefficient (Wildman–Crippen LogP) is 2.96. The number of nitrogens with one attached hydrogen (secondary N) is 1. The Morgan fingerprint density at radius 3 is 2.69 bits per heavy atom. The van der Waals surface area contributed by atoms with E-state index in [9.17, 15) is 0 Å². The first-order chi connectivity index (χ1) is 6.09. The van der Waals surface area contributed by atoms with Crippen molar-refractivity contribution in [1.82, 2.24) is 5.32 Å². The van der Waals surface area contributed by atoms with E-state index in [4.69, 9.17) is 0 Å². The third-order valence-corrected chi connectivity index (χ3v) is 4.41. The van der Waals surface area contributed by atoms with E-state index in [2.05, 4.69) is 33.0 Å². The average Bonchev–Trinajstić information content (AvgIpc) is 2.32. The number of hydrogen-bond acceptors (Lipinski definition) is 2. The van der Waals surface area contributed by atoms with Crippen LogP contribution < -0.4 is 5.32 Å². The Labute approximate surface area is 84.2 Å². The van der Waals surface area contributed by atoms with E-state index in [1.54, 1.807) is 10.4 Å². The molecule has 0 saturated carbocycles. The van der Waals surface area contributed by atoms with Gasteiger partial charge >= 0.3 is 0 Å². The summed E-state index contributed by atoms with van der Waals surface area (Å²) in [7, 11) is 0. The fourth-order valence-corrected chi connectivity index (χ4v) is 3.38. The lowest BCUT2D eigenvalue weighted by atomic mass is 9.95. The van der Waals surface area contributed by atoms with Crippen molar-refractivity contribution < 1.29 is 0 Å². The quantitative estimate of drug-likeness (QED) is 0.671. The van der Waals surface area contributed by atoms with Gasteiger partial charge in [0.1, 0.15) is 0 Å². The van der Waals surface area contributed by atoms with Gasteiger partial charge in [-0.15, -0.1) is 11.3 Å². The molecule has 2 rings (SSSR count). The monoisotopic (exact) mass is 195 g/mol. The molecule has 0 radical (unpaired) electrons. The summed E-state index contributed by atoms with van der Waals surface area (Å²) in [6, 6.07) is 1.19. The van der Waals surface area contributed by atoms with Crippen molar-refractivity contribution in [2.45, 2.75) is 46.2 Å². The molecule has 0 spiro atoms. The summed E-state index contributed by atoms with van der Waals surface area (Å²) in [5.41, 5.74) is 3.14. The maximum Gasteiger partial charge on any atom is 0.0391 e. The minimum atomic E-state index is 0.552. The molecule has 2 heterocycles. The number of rotatable bonds is 0. The standard InChI is InChI=1S/C11H17NS/c1-6-5-10-7(2)9(4)13-11(10)8(3)12-6/h6,8,12H,5H2,1-4H3. The second kappa shape index (κ2) is 3.10. The van der Waals surface area contributed by atoms with Crippen LogP contribution in [0.2, 0.25) is 0 Å². The van der Waals surface area contributed by atoms with E-state index in [1.165, 1.54) is 16.9 Å². The van der Waals surface area contributed by atoms with E-state index in [-0.39, 0.29) is 0 Å². The zero-order valence-corrected chi connectivity index (χ0v) is 9.59. The van der Waals surface area contributed by atoms with Gasteiger partial charge in [0.15, 0.2) is 0 Å². The zero-order chi connectivity index (χ0) is 9.59. The van der Waals surface area contributed by atoms with Crippen LogP contribution in [0.5, 0.6) is 0 Å². The van der Waals surface area contributed by atoms with Crippen LogP contribution in [0.4, 0.5) is 0 Å². The van der Waals surface area contributed by atoms with Gasteiger partial charge in [0.05, 0.1) is 0 Å². The van der Waals surface area contributed by atoms with Gasteiger partial charge in [0.25, 0.3) is 0 Å². The van der Waals surface area contributed by atoms with Crippen molar-refractivity contribution in [3.05, 3.63) is 20.9 Å². The molecule has 1 aromatic rings. The van der Waals surface area contributed by atoms with Crippen molar-refractivity contribution in [1.29, 1.82) is 0 Å². The Kier molecular flexibility index (Phi) is 2.20. The summed E-state index contributed by atoms with van der Waals surface area (Å²) >= 11 is 1.96. The third-order valence-electron chi connectivity index (χ3n) is 2.98. The van der Waals surface area contributed by atoms with Gasteiger partial charge in [0.2, 0.25) is 0 Å². The molecule has 0 amide bonds. The Balaban J connectivity index is 2.49. The van der Waals surface area contributed by atoms with Gasteiger partial charge in [0, 0.05) is 21.8 Å². The summed E-state index contributed by atoms with van der Waals surface area (Å²) in [4.78, 5) is 3.06.